The third-order valence-electron chi connectivity index (χ3n) is 5.94. The van der Waals surface area contributed by atoms with Gasteiger partial charge in [0, 0.05) is 0 Å². The van der Waals surface area contributed by atoms with Gasteiger partial charge in [-0.05, 0) is 66.6 Å². The number of methoxy groups -OCH3 is 2. The number of aromatic nitrogens is 2. The van der Waals surface area contributed by atoms with Gasteiger partial charge in [0.15, 0.2) is 0 Å². The number of imidazole rings is 1. The molecule has 0 fully saturated rings. The predicted octanol–water partition coefficient (Wildman–Crippen LogP) is 5.04. The van der Waals surface area contributed by atoms with Gasteiger partial charge in [-0.1, -0.05) is 24.3 Å². The van der Waals surface area contributed by atoms with Crippen LogP contribution < -0.4 is 14.8 Å². The molecule has 0 bridgehead atoms. The first-order valence-electron chi connectivity index (χ1n) is 11.1. The molecule has 172 valence electrons. The molecule has 0 saturated heterocycles. The van der Waals surface area contributed by atoms with Crippen LogP contribution in [0.1, 0.15) is 24.1 Å². The van der Waals surface area contributed by atoms with Crippen molar-refractivity contribution in [2.45, 2.75) is 13.0 Å². The summed E-state index contributed by atoms with van der Waals surface area (Å²) in [7, 11) is 3.26. The monoisotopic (exact) mass is 455 g/mol. The van der Waals surface area contributed by atoms with Gasteiger partial charge >= 0.3 is 5.97 Å². The molecule has 1 unspecified atom stereocenters. The summed E-state index contributed by atoms with van der Waals surface area (Å²) < 4.78 is 18.3. The van der Waals surface area contributed by atoms with Crippen LogP contribution in [0.5, 0.6) is 11.5 Å². The van der Waals surface area contributed by atoms with Gasteiger partial charge in [-0.25, -0.2) is 9.78 Å². The van der Waals surface area contributed by atoms with E-state index in [4.69, 9.17) is 19.2 Å². The Labute approximate surface area is 197 Å². The SMILES string of the molecule is CCOC(=O)C1=C(c2ccc(OC)cc2)Nc2nc3ccccc3n2C1c1ccc(OC)cc1. The highest BCUT2D eigenvalue weighted by Crippen LogP contribution is 2.42. The molecule has 0 radical (unpaired) electrons. The number of carbonyl (C=O) groups excluding carboxylic acids is 1. The van der Waals surface area contributed by atoms with Crippen LogP contribution in [-0.4, -0.2) is 36.3 Å². The van der Waals surface area contributed by atoms with Crippen molar-refractivity contribution in [3.63, 3.8) is 0 Å². The van der Waals surface area contributed by atoms with E-state index in [1.807, 2.05) is 79.7 Å². The molecular formula is C27H25N3O4. The van der Waals surface area contributed by atoms with Crippen LogP contribution >= 0.6 is 0 Å². The van der Waals surface area contributed by atoms with E-state index in [1.54, 1.807) is 14.2 Å². The minimum absolute atomic E-state index is 0.269. The fourth-order valence-corrected chi connectivity index (χ4v) is 4.35. The minimum Gasteiger partial charge on any atom is -0.497 e. The number of nitrogens with zero attached hydrogens (tertiary/aromatic N) is 2. The van der Waals surface area contributed by atoms with Crippen LogP contribution in [0.4, 0.5) is 5.95 Å². The maximum Gasteiger partial charge on any atom is 0.338 e. The Hall–Kier alpha value is -4.26. The molecule has 1 aromatic heterocycles. The van der Waals surface area contributed by atoms with Crippen LogP contribution in [0.25, 0.3) is 16.7 Å². The van der Waals surface area contributed by atoms with Crippen molar-refractivity contribution in [3.8, 4) is 11.5 Å². The summed E-state index contributed by atoms with van der Waals surface area (Å²) in [6.45, 7) is 2.08. The number of rotatable bonds is 6. The van der Waals surface area contributed by atoms with E-state index in [9.17, 15) is 4.79 Å². The third kappa shape index (κ3) is 3.65. The zero-order valence-electron chi connectivity index (χ0n) is 19.2. The van der Waals surface area contributed by atoms with Crippen LogP contribution in [0.15, 0.2) is 78.4 Å². The molecule has 5 rings (SSSR count). The lowest BCUT2D eigenvalue weighted by molar-refractivity contribution is -0.138. The van der Waals surface area contributed by atoms with Crippen LogP contribution in [0.2, 0.25) is 0 Å². The second-order valence-corrected chi connectivity index (χ2v) is 7.83. The lowest BCUT2D eigenvalue weighted by atomic mass is 9.92. The standard InChI is InChI=1S/C27H25N3O4/c1-4-34-26(31)23-24(17-9-13-19(32-2)14-10-17)29-27-28-21-7-5-6-8-22(21)30(27)25(23)18-11-15-20(33-3)16-12-18/h5-16,25H,4H2,1-3H3,(H,28,29). The van der Waals surface area contributed by atoms with Crippen molar-refractivity contribution < 1.29 is 19.0 Å². The fourth-order valence-electron chi connectivity index (χ4n) is 4.35. The molecule has 1 aliphatic rings. The minimum atomic E-state index is -0.453. The fraction of sp³-hybridized carbons (Fsp3) is 0.185. The lowest BCUT2D eigenvalue weighted by Gasteiger charge is -2.31. The van der Waals surface area contributed by atoms with E-state index in [0.29, 0.717) is 17.2 Å². The summed E-state index contributed by atoms with van der Waals surface area (Å²) in [5.41, 5.74) is 4.67. The Morgan fingerprint density at radius 3 is 2.24 bits per heavy atom. The van der Waals surface area contributed by atoms with E-state index >= 15 is 0 Å². The van der Waals surface area contributed by atoms with Crippen LogP contribution in [0.3, 0.4) is 0 Å². The molecule has 1 N–H and O–H groups in total. The number of carbonyl (C=O) groups is 1. The first-order chi connectivity index (χ1) is 16.6. The van der Waals surface area contributed by atoms with Gasteiger partial charge in [0.05, 0.1) is 49.2 Å². The molecule has 0 aliphatic carbocycles. The number of esters is 1. The molecule has 0 spiro atoms. The van der Waals surface area contributed by atoms with Crippen molar-refractivity contribution in [1.29, 1.82) is 0 Å². The molecule has 7 heteroatoms. The molecule has 4 aromatic rings. The van der Waals surface area contributed by atoms with E-state index in [-0.39, 0.29) is 12.6 Å². The number of hydrogen-bond acceptors (Lipinski definition) is 6. The van der Waals surface area contributed by atoms with Gasteiger partial charge in [0.2, 0.25) is 5.95 Å². The predicted molar refractivity (Wildman–Crippen MR) is 131 cm³/mol. The van der Waals surface area contributed by atoms with Crippen LogP contribution in [0, 0.1) is 0 Å². The summed E-state index contributed by atoms with van der Waals surface area (Å²) >= 11 is 0. The second kappa shape index (κ2) is 8.94. The molecule has 34 heavy (non-hydrogen) atoms. The number of benzene rings is 3. The molecule has 0 amide bonds. The topological polar surface area (TPSA) is 74.6 Å². The van der Waals surface area contributed by atoms with Gasteiger partial charge in [0.1, 0.15) is 11.5 Å². The first kappa shape index (κ1) is 21.6. The summed E-state index contributed by atoms with van der Waals surface area (Å²) in [5, 5.41) is 3.42. The number of ether oxygens (including phenoxy) is 3. The zero-order chi connectivity index (χ0) is 23.7. The summed E-state index contributed by atoms with van der Waals surface area (Å²) in [6.07, 6.45) is 0. The third-order valence-corrected chi connectivity index (χ3v) is 5.94. The van der Waals surface area contributed by atoms with Crippen molar-refractivity contribution in [3.05, 3.63) is 89.5 Å². The molecule has 2 heterocycles. The molecule has 3 aromatic carbocycles. The Bertz CT molecular complexity index is 1370. The Kier molecular flexibility index (Phi) is 5.67. The smallest absolute Gasteiger partial charge is 0.338 e. The number of hydrogen-bond donors (Lipinski definition) is 1. The highest BCUT2D eigenvalue weighted by atomic mass is 16.5. The number of fused-ring (bicyclic) bond motifs is 3. The molecule has 1 aliphatic heterocycles. The summed E-state index contributed by atoms with van der Waals surface area (Å²) in [6, 6.07) is 22.7. The van der Waals surface area contributed by atoms with Gasteiger partial charge in [-0.3, -0.25) is 4.57 Å². The molecule has 0 saturated carbocycles. The molecule has 1 atom stereocenters. The maximum atomic E-state index is 13.5. The van der Waals surface area contributed by atoms with Gasteiger partial charge in [0.25, 0.3) is 0 Å². The van der Waals surface area contributed by atoms with Gasteiger partial charge < -0.3 is 19.5 Å². The van der Waals surface area contributed by atoms with Gasteiger partial charge in [-0.2, -0.15) is 0 Å². The highest BCUT2D eigenvalue weighted by Gasteiger charge is 2.36. The molecule has 7 nitrogen and oxygen atoms in total. The molecular weight excluding hydrogens is 430 g/mol. The highest BCUT2D eigenvalue weighted by molar-refractivity contribution is 6.03. The quantitative estimate of drug-likeness (QED) is 0.411. The number of para-hydroxylation sites is 2. The normalized spacial score (nSPS) is 15.0. The Balaban J connectivity index is 1.79. The maximum absolute atomic E-state index is 13.5. The summed E-state index contributed by atoms with van der Waals surface area (Å²) in [4.78, 5) is 18.3. The van der Waals surface area contributed by atoms with Crippen molar-refractivity contribution >= 4 is 28.6 Å². The zero-order valence-corrected chi connectivity index (χ0v) is 19.2. The first-order valence-corrected chi connectivity index (χ1v) is 11.1. The van der Waals surface area contributed by atoms with E-state index < -0.39 is 6.04 Å². The summed E-state index contributed by atoms with van der Waals surface area (Å²) in [5.74, 6) is 1.74. The average molecular weight is 456 g/mol. The Morgan fingerprint density at radius 1 is 0.941 bits per heavy atom. The average Bonchev–Trinajstić information content (AvgIpc) is 3.26. The Morgan fingerprint density at radius 2 is 1.59 bits per heavy atom. The van der Waals surface area contributed by atoms with Crippen molar-refractivity contribution in [2.24, 2.45) is 0 Å². The van der Waals surface area contributed by atoms with Crippen molar-refractivity contribution in [2.75, 3.05) is 26.1 Å². The van der Waals surface area contributed by atoms with Gasteiger partial charge in [-0.15, -0.1) is 0 Å². The largest absolute Gasteiger partial charge is 0.497 e. The van der Waals surface area contributed by atoms with E-state index in [1.165, 1.54) is 0 Å². The number of anilines is 1. The van der Waals surface area contributed by atoms with E-state index in [0.717, 1.165) is 33.7 Å². The number of nitrogens with one attached hydrogen (secondary N) is 1. The van der Waals surface area contributed by atoms with Crippen molar-refractivity contribution in [1.82, 2.24) is 9.55 Å². The van der Waals surface area contributed by atoms with E-state index in [2.05, 4.69) is 9.88 Å². The second-order valence-electron chi connectivity index (χ2n) is 7.83. The van der Waals surface area contributed by atoms with Crippen LogP contribution in [-0.2, 0) is 9.53 Å². The lowest BCUT2D eigenvalue weighted by Crippen LogP contribution is -2.29.